The first-order chi connectivity index (χ1) is 10.0. The van der Waals surface area contributed by atoms with Gasteiger partial charge in [0.2, 0.25) is 5.91 Å². The van der Waals surface area contributed by atoms with Gasteiger partial charge >= 0.3 is 0 Å². The van der Waals surface area contributed by atoms with Gasteiger partial charge in [0.15, 0.2) is 0 Å². The molecule has 0 radical (unpaired) electrons. The van der Waals surface area contributed by atoms with E-state index in [1.165, 1.54) is 4.88 Å². The van der Waals surface area contributed by atoms with Crippen LogP contribution in [0.2, 0.25) is 4.34 Å². The number of benzene rings is 1. The van der Waals surface area contributed by atoms with Crippen molar-refractivity contribution in [2.75, 3.05) is 23.0 Å². The molecule has 6 heteroatoms. The average molecular weight is 322 g/mol. The summed E-state index contributed by atoms with van der Waals surface area (Å²) in [5.74, 6) is 0.0610. The molecule has 0 spiro atoms. The zero-order valence-electron chi connectivity index (χ0n) is 11.6. The van der Waals surface area contributed by atoms with Crippen LogP contribution in [0.5, 0.6) is 0 Å². The lowest BCUT2D eigenvalue weighted by Gasteiger charge is -2.24. The summed E-state index contributed by atoms with van der Waals surface area (Å²) in [5.41, 5.74) is 9.78. The smallest absolute Gasteiger partial charge is 0.224 e. The van der Waals surface area contributed by atoms with E-state index in [1.54, 1.807) is 11.3 Å². The van der Waals surface area contributed by atoms with Gasteiger partial charge in [0.25, 0.3) is 0 Å². The van der Waals surface area contributed by atoms with E-state index < -0.39 is 0 Å². The summed E-state index contributed by atoms with van der Waals surface area (Å²) in [4.78, 5) is 14.8. The lowest BCUT2D eigenvalue weighted by atomic mass is 10.0. The second-order valence-electron chi connectivity index (χ2n) is 5.18. The molecule has 0 bridgehead atoms. The summed E-state index contributed by atoms with van der Waals surface area (Å²) in [6.07, 6.45) is 1.27. The van der Waals surface area contributed by atoms with E-state index in [-0.39, 0.29) is 5.91 Å². The van der Waals surface area contributed by atoms with Crippen molar-refractivity contribution in [2.24, 2.45) is 0 Å². The van der Waals surface area contributed by atoms with Gasteiger partial charge in [0, 0.05) is 24.0 Å². The number of hydrogen-bond donors (Lipinski definition) is 2. The van der Waals surface area contributed by atoms with Crippen molar-refractivity contribution in [3.63, 3.8) is 0 Å². The third-order valence-corrected chi connectivity index (χ3v) is 4.80. The average Bonchev–Trinajstić information content (AvgIpc) is 2.83. The Morgan fingerprint density at radius 3 is 2.90 bits per heavy atom. The number of anilines is 3. The Hall–Kier alpha value is -1.72. The van der Waals surface area contributed by atoms with Gasteiger partial charge in [-0.2, -0.15) is 0 Å². The minimum absolute atomic E-state index is 0.0610. The van der Waals surface area contributed by atoms with Crippen LogP contribution >= 0.6 is 22.9 Å². The number of aryl methyl sites for hydroxylation is 1. The normalized spacial score (nSPS) is 13.7. The molecule has 2 aromatic rings. The van der Waals surface area contributed by atoms with Gasteiger partial charge < -0.3 is 16.0 Å². The SMILES string of the molecule is CN(Cc1ccc(Cl)s1)c1cc2c(cc1N)CCC(=O)N2. The van der Waals surface area contributed by atoms with Crippen LogP contribution in [0.3, 0.4) is 0 Å². The molecule has 0 saturated heterocycles. The fourth-order valence-corrected chi connectivity index (χ4v) is 3.66. The number of hydrogen-bond acceptors (Lipinski definition) is 4. The predicted octanol–water partition coefficient (Wildman–Crippen LogP) is 3.50. The van der Waals surface area contributed by atoms with E-state index in [0.717, 1.165) is 39.9 Å². The number of nitrogen functional groups attached to an aromatic ring is 1. The minimum Gasteiger partial charge on any atom is -0.397 e. The molecule has 110 valence electrons. The van der Waals surface area contributed by atoms with Crippen LogP contribution in [0.15, 0.2) is 24.3 Å². The highest BCUT2D eigenvalue weighted by Gasteiger charge is 2.18. The summed E-state index contributed by atoms with van der Waals surface area (Å²) >= 11 is 7.52. The zero-order valence-corrected chi connectivity index (χ0v) is 13.2. The van der Waals surface area contributed by atoms with Crippen molar-refractivity contribution >= 4 is 45.9 Å². The largest absolute Gasteiger partial charge is 0.397 e. The molecule has 0 atom stereocenters. The van der Waals surface area contributed by atoms with Gasteiger partial charge in [-0.3, -0.25) is 4.79 Å². The van der Waals surface area contributed by atoms with Gasteiger partial charge in [0.05, 0.1) is 22.3 Å². The van der Waals surface area contributed by atoms with E-state index in [0.29, 0.717) is 6.42 Å². The molecule has 0 aliphatic carbocycles. The lowest BCUT2D eigenvalue weighted by molar-refractivity contribution is -0.116. The number of nitrogens with one attached hydrogen (secondary N) is 1. The highest BCUT2D eigenvalue weighted by atomic mass is 35.5. The Morgan fingerprint density at radius 2 is 2.19 bits per heavy atom. The van der Waals surface area contributed by atoms with Crippen molar-refractivity contribution in [2.45, 2.75) is 19.4 Å². The molecule has 1 aliphatic heterocycles. The third kappa shape index (κ3) is 2.99. The Balaban J connectivity index is 1.87. The van der Waals surface area contributed by atoms with E-state index >= 15 is 0 Å². The number of fused-ring (bicyclic) bond motifs is 1. The van der Waals surface area contributed by atoms with Gasteiger partial charge in [0.1, 0.15) is 0 Å². The predicted molar refractivity (Wildman–Crippen MR) is 89.2 cm³/mol. The maximum atomic E-state index is 11.5. The number of thiophene rings is 1. The molecule has 1 aliphatic rings. The van der Waals surface area contributed by atoms with Gasteiger partial charge in [-0.05, 0) is 36.2 Å². The van der Waals surface area contributed by atoms with E-state index in [2.05, 4.69) is 10.2 Å². The van der Waals surface area contributed by atoms with Crippen molar-refractivity contribution in [1.82, 2.24) is 0 Å². The second-order valence-corrected chi connectivity index (χ2v) is 6.98. The lowest BCUT2D eigenvalue weighted by Crippen LogP contribution is -2.22. The number of amides is 1. The molecule has 21 heavy (non-hydrogen) atoms. The van der Waals surface area contributed by atoms with Crippen LogP contribution in [0, 0.1) is 0 Å². The standard InChI is InChI=1S/C15H16ClN3OS/c1-19(8-10-3-4-14(16)21-10)13-7-12-9(6-11(13)17)2-5-15(20)18-12/h3-4,6-7H,2,5,8,17H2,1H3,(H,18,20). The fraction of sp³-hybridized carbons (Fsp3) is 0.267. The summed E-state index contributed by atoms with van der Waals surface area (Å²) < 4.78 is 0.782. The molecule has 4 nitrogen and oxygen atoms in total. The number of halogens is 1. The number of nitrogens with two attached hydrogens (primary N) is 1. The Kier molecular flexibility index (Phi) is 3.78. The topological polar surface area (TPSA) is 58.4 Å². The zero-order chi connectivity index (χ0) is 15.0. The maximum Gasteiger partial charge on any atom is 0.224 e. The quantitative estimate of drug-likeness (QED) is 0.851. The van der Waals surface area contributed by atoms with E-state index in [4.69, 9.17) is 17.3 Å². The molecule has 0 fully saturated rings. The molecule has 3 rings (SSSR count). The van der Waals surface area contributed by atoms with Gasteiger partial charge in [-0.15, -0.1) is 11.3 Å². The molecule has 1 amide bonds. The third-order valence-electron chi connectivity index (χ3n) is 3.58. The molecule has 1 aromatic carbocycles. The highest BCUT2D eigenvalue weighted by Crippen LogP contribution is 2.34. The Bertz CT molecular complexity index is 698. The maximum absolute atomic E-state index is 11.5. The molecule has 0 saturated carbocycles. The first-order valence-electron chi connectivity index (χ1n) is 6.70. The number of rotatable bonds is 3. The number of nitrogens with zero attached hydrogens (tertiary/aromatic N) is 1. The highest BCUT2D eigenvalue weighted by molar-refractivity contribution is 7.16. The van der Waals surface area contributed by atoms with Gasteiger partial charge in [-0.1, -0.05) is 11.6 Å². The molecule has 2 heterocycles. The van der Waals surface area contributed by atoms with Crippen molar-refractivity contribution in [3.8, 4) is 0 Å². The molecular formula is C15H16ClN3OS. The minimum atomic E-state index is 0.0610. The summed E-state index contributed by atoms with van der Waals surface area (Å²) in [7, 11) is 1.98. The van der Waals surface area contributed by atoms with Crippen LogP contribution in [0.4, 0.5) is 17.1 Å². The van der Waals surface area contributed by atoms with Crippen LogP contribution in [-0.2, 0) is 17.8 Å². The summed E-state index contributed by atoms with van der Waals surface area (Å²) in [5, 5.41) is 2.91. The first-order valence-corrected chi connectivity index (χ1v) is 7.90. The van der Waals surface area contributed by atoms with Crippen molar-refractivity contribution in [1.29, 1.82) is 0 Å². The molecule has 1 aromatic heterocycles. The number of carbonyl (C=O) groups excluding carboxylic acids is 1. The monoisotopic (exact) mass is 321 g/mol. The van der Waals surface area contributed by atoms with Crippen molar-refractivity contribution < 1.29 is 4.79 Å². The summed E-state index contributed by atoms with van der Waals surface area (Å²) in [6, 6.07) is 7.82. The molecule has 3 N–H and O–H groups in total. The van der Waals surface area contributed by atoms with Crippen LogP contribution in [-0.4, -0.2) is 13.0 Å². The summed E-state index contributed by atoms with van der Waals surface area (Å²) in [6.45, 7) is 0.730. The van der Waals surface area contributed by atoms with Crippen LogP contribution < -0.4 is 16.0 Å². The van der Waals surface area contributed by atoms with Crippen molar-refractivity contribution in [3.05, 3.63) is 39.0 Å². The Labute approximate surface area is 132 Å². The van der Waals surface area contributed by atoms with Gasteiger partial charge in [-0.25, -0.2) is 0 Å². The molecule has 0 unspecified atom stereocenters. The second kappa shape index (κ2) is 5.58. The molecular weight excluding hydrogens is 306 g/mol. The van der Waals surface area contributed by atoms with Crippen LogP contribution in [0.25, 0.3) is 0 Å². The van der Waals surface area contributed by atoms with E-state index in [9.17, 15) is 4.79 Å². The van der Waals surface area contributed by atoms with E-state index in [1.807, 2.05) is 31.3 Å². The first kappa shape index (κ1) is 14.2. The van der Waals surface area contributed by atoms with Crippen LogP contribution in [0.1, 0.15) is 16.9 Å². The number of carbonyl (C=O) groups is 1. The fourth-order valence-electron chi connectivity index (χ4n) is 2.52. The Morgan fingerprint density at radius 1 is 1.38 bits per heavy atom.